The van der Waals surface area contributed by atoms with Gasteiger partial charge in [-0.3, -0.25) is 4.79 Å². The first kappa shape index (κ1) is 28.6. The van der Waals surface area contributed by atoms with Gasteiger partial charge < -0.3 is 24.8 Å². The molecule has 10 heteroatoms. The molecule has 37 heavy (non-hydrogen) atoms. The van der Waals surface area contributed by atoms with Crippen molar-refractivity contribution >= 4 is 27.4 Å². The summed E-state index contributed by atoms with van der Waals surface area (Å²) in [5, 5.41) is 6.56. The molecule has 1 heterocycles. The van der Waals surface area contributed by atoms with Crippen molar-refractivity contribution in [3.8, 4) is 11.5 Å². The first-order valence-electron chi connectivity index (χ1n) is 12.4. The Hall–Kier alpha value is -2.98. The Morgan fingerprint density at radius 3 is 2.30 bits per heavy atom. The molecule has 2 N–H and O–H groups in total. The maximum absolute atomic E-state index is 13.8. The van der Waals surface area contributed by atoms with Crippen LogP contribution in [-0.2, 0) is 26.1 Å². The lowest BCUT2D eigenvalue weighted by Crippen LogP contribution is -2.48. The van der Waals surface area contributed by atoms with Crippen LogP contribution in [0.5, 0.6) is 11.5 Å². The predicted octanol–water partition coefficient (Wildman–Crippen LogP) is 4.49. The number of anilines is 2. The molecular weight excluding hydrogens is 494 g/mol. The van der Waals surface area contributed by atoms with Crippen LogP contribution in [0, 0.1) is 5.92 Å². The maximum Gasteiger partial charge on any atom is 0.324 e. The van der Waals surface area contributed by atoms with Crippen molar-refractivity contribution < 1.29 is 27.4 Å². The van der Waals surface area contributed by atoms with E-state index in [2.05, 4.69) is 10.6 Å². The molecule has 0 saturated heterocycles. The van der Waals surface area contributed by atoms with Crippen molar-refractivity contribution in [2.24, 2.45) is 5.92 Å². The van der Waals surface area contributed by atoms with Crippen LogP contribution in [0.2, 0.25) is 0 Å². The van der Waals surface area contributed by atoms with Gasteiger partial charge in [0.15, 0.2) is 0 Å². The second-order valence-electron chi connectivity index (χ2n) is 10.5. The Kier molecular flexibility index (Phi) is 8.96. The van der Waals surface area contributed by atoms with Gasteiger partial charge in [-0.25, -0.2) is 8.42 Å². The lowest BCUT2D eigenvalue weighted by atomic mass is 10.0. The minimum absolute atomic E-state index is 0.102. The monoisotopic (exact) mass is 533 g/mol. The first-order chi connectivity index (χ1) is 17.3. The standard InChI is InChI=1S/C27H39N3O6S/c1-18(2)12-24(26(31)36-27(3,4)5)30-11-10-28-23-15-20(8-9-25(23)37(30,32)33)29-17-19-13-21(34-6)16-22(14-19)35-7/h8-9,13-16,18,24,28-29H,10-12,17H2,1-7H3/t24-/m1/s1. The van der Waals surface area contributed by atoms with Gasteiger partial charge in [-0.05, 0) is 69.0 Å². The molecule has 0 amide bonds. The summed E-state index contributed by atoms with van der Waals surface area (Å²) in [6.45, 7) is 10.3. The first-order valence-corrected chi connectivity index (χ1v) is 13.9. The Balaban J connectivity index is 1.87. The average Bonchev–Trinajstić information content (AvgIpc) is 2.94. The molecule has 9 nitrogen and oxygen atoms in total. The van der Waals surface area contributed by atoms with Gasteiger partial charge in [-0.2, -0.15) is 4.31 Å². The summed E-state index contributed by atoms with van der Waals surface area (Å²) >= 11 is 0. The second-order valence-corrected chi connectivity index (χ2v) is 12.4. The van der Waals surface area contributed by atoms with Gasteiger partial charge in [0.1, 0.15) is 28.0 Å². The smallest absolute Gasteiger partial charge is 0.324 e. The van der Waals surface area contributed by atoms with E-state index in [9.17, 15) is 13.2 Å². The zero-order valence-electron chi connectivity index (χ0n) is 22.8. The highest BCUT2D eigenvalue weighted by molar-refractivity contribution is 7.89. The topological polar surface area (TPSA) is 106 Å². The van der Waals surface area contributed by atoms with Crippen LogP contribution >= 0.6 is 0 Å². The number of benzene rings is 2. The summed E-state index contributed by atoms with van der Waals surface area (Å²) < 4.78 is 45.1. The summed E-state index contributed by atoms with van der Waals surface area (Å²) in [5.74, 6) is 0.948. The van der Waals surface area contributed by atoms with Gasteiger partial charge in [0, 0.05) is 31.4 Å². The van der Waals surface area contributed by atoms with Crippen molar-refractivity contribution in [2.45, 2.75) is 64.1 Å². The number of methoxy groups -OCH3 is 2. The van der Waals surface area contributed by atoms with E-state index >= 15 is 0 Å². The fourth-order valence-corrected chi connectivity index (χ4v) is 5.93. The van der Waals surface area contributed by atoms with Crippen LogP contribution in [0.15, 0.2) is 41.3 Å². The van der Waals surface area contributed by atoms with Gasteiger partial charge in [-0.1, -0.05) is 13.8 Å². The molecule has 2 aromatic carbocycles. The fraction of sp³-hybridized carbons (Fsp3) is 0.519. The summed E-state index contributed by atoms with van der Waals surface area (Å²) in [5.41, 5.74) is 1.48. The van der Waals surface area contributed by atoms with Crippen LogP contribution in [-0.4, -0.2) is 57.6 Å². The third-order valence-electron chi connectivity index (χ3n) is 5.84. The molecule has 1 aliphatic heterocycles. The SMILES string of the molecule is COc1cc(CNc2ccc3c(c2)NCCN([C@H](CC(C)C)C(=O)OC(C)(C)C)S3(=O)=O)cc(OC)c1. The molecule has 1 atom stereocenters. The van der Waals surface area contributed by atoms with Crippen LogP contribution in [0.1, 0.15) is 46.6 Å². The average molecular weight is 534 g/mol. The molecule has 3 rings (SSSR count). The lowest BCUT2D eigenvalue weighted by molar-refractivity contribution is -0.160. The number of esters is 1. The van der Waals surface area contributed by atoms with Crippen molar-refractivity contribution in [2.75, 3.05) is 37.9 Å². The highest BCUT2D eigenvalue weighted by Gasteiger charge is 2.40. The number of carbonyl (C=O) groups excluding carboxylic acids is 1. The van der Waals surface area contributed by atoms with Crippen molar-refractivity contribution in [1.82, 2.24) is 4.31 Å². The minimum atomic E-state index is -3.96. The summed E-state index contributed by atoms with van der Waals surface area (Å²) in [6, 6.07) is 9.79. The molecule has 0 bridgehead atoms. The number of hydrogen-bond acceptors (Lipinski definition) is 8. The van der Waals surface area contributed by atoms with E-state index < -0.39 is 27.6 Å². The van der Waals surface area contributed by atoms with E-state index in [0.717, 1.165) is 11.3 Å². The quantitative estimate of drug-likeness (QED) is 0.454. The maximum atomic E-state index is 13.8. The third kappa shape index (κ3) is 7.29. The van der Waals surface area contributed by atoms with Gasteiger partial charge in [0.25, 0.3) is 0 Å². The summed E-state index contributed by atoms with van der Waals surface area (Å²) in [7, 11) is -0.758. The highest BCUT2D eigenvalue weighted by atomic mass is 32.2. The zero-order valence-corrected chi connectivity index (χ0v) is 23.6. The molecule has 0 aromatic heterocycles. The number of ether oxygens (including phenoxy) is 3. The second kappa shape index (κ2) is 11.6. The number of sulfonamides is 1. The minimum Gasteiger partial charge on any atom is -0.497 e. The normalized spacial score (nSPS) is 16.2. The fourth-order valence-electron chi connectivity index (χ4n) is 4.19. The Morgan fingerprint density at radius 1 is 1.08 bits per heavy atom. The van der Waals surface area contributed by atoms with E-state index in [4.69, 9.17) is 14.2 Å². The van der Waals surface area contributed by atoms with E-state index in [0.29, 0.717) is 36.7 Å². The zero-order chi connectivity index (χ0) is 27.4. The number of rotatable bonds is 9. The Morgan fingerprint density at radius 2 is 1.73 bits per heavy atom. The summed E-state index contributed by atoms with van der Waals surface area (Å²) in [4.78, 5) is 13.2. The molecular formula is C27H39N3O6S. The van der Waals surface area contributed by atoms with Crippen molar-refractivity contribution in [1.29, 1.82) is 0 Å². The molecule has 0 fully saturated rings. The molecule has 2 aromatic rings. The van der Waals surface area contributed by atoms with Crippen LogP contribution < -0.4 is 20.1 Å². The Bertz CT molecular complexity index is 1180. The van der Waals surface area contributed by atoms with Gasteiger partial charge >= 0.3 is 5.97 Å². The van der Waals surface area contributed by atoms with E-state index in [1.54, 1.807) is 59.3 Å². The molecule has 0 aliphatic carbocycles. The van der Waals surface area contributed by atoms with E-state index in [-0.39, 0.29) is 17.4 Å². The number of carbonyl (C=O) groups is 1. The lowest BCUT2D eigenvalue weighted by Gasteiger charge is -2.31. The predicted molar refractivity (Wildman–Crippen MR) is 145 cm³/mol. The number of hydrogen-bond donors (Lipinski definition) is 2. The van der Waals surface area contributed by atoms with Crippen molar-refractivity contribution in [3.05, 3.63) is 42.0 Å². The molecule has 1 aliphatic rings. The van der Waals surface area contributed by atoms with Crippen LogP contribution in [0.4, 0.5) is 11.4 Å². The highest BCUT2D eigenvalue weighted by Crippen LogP contribution is 2.33. The molecule has 0 saturated carbocycles. The molecule has 0 unspecified atom stereocenters. The largest absolute Gasteiger partial charge is 0.497 e. The van der Waals surface area contributed by atoms with E-state index in [1.807, 2.05) is 26.0 Å². The number of nitrogens with zero attached hydrogens (tertiary/aromatic N) is 1. The summed E-state index contributed by atoms with van der Waals surface area (Å²) in [6.07, 6.45) is 0.368. The number of fused-ring (bicyclic) bond motifs is 1. The molecule has 204 valence electrons. The van der Waals surface area contributed by atoms with Crippen LogP contribution in [0.3, 0.4) is 0 Å². The molecule has 0 radical (unpaired) electrons. The molecule has 0 spiro atoms. The van der Waals surface area contributed by atoms with Gasteiger partial charge in [0.05, 0.1) is 19.9 Å². The number of nitrogens with one attached hydrogen (secondary N) is 2. The van der Waals surface area contributed by atoms with Gasteiger partial charge in [-0.15, -0.1) is 0 Å². The van der Waals surface area contributed by atoms with Crippen molar-refractivity contribution in [3.63, 3.8) is 0 Å². The third-order valence-corrected chi connectivity index (χ3v) is 7.81. The Labute approximate surface area is 220 Å². The van der Waals surface area contributed by atoms with Gasteiger partial charge in [0.2, 0.25) is 10.0 Å². The van der Waals surface area contributed by atoms with Crippen LogP contribution in [0.25, 0.3) is 0 Å². The van der Waals surface area contributed by atoms with E-state index in [1.165, 1.54) is 4.31 Å².